The van der Waals surface area contributed by atoms with Gasteiger partial charge in [-0.2, -0.15) is 0 Å². The normalized spacial score (nSPS) is 22.0. The summed E-state index contributed by atoms with van der Waals surface area (Å²) in [5.41, 5.74) is 2.44. The summed E-state index contributed by atoms with van der Waals surface area (Å²) in [4.78, 5) is 45.7. The summed E-state index contributed by atoms with van der Waals surface area (Å²) in [5.74, 6) is -0.645. The van der Waals surface area contributed by atoms with E-state index in [1.54, 1.807) is 55.6 Å². The third-order valence-electron chi connectivity index (χ3n) is 8.51. The van der Waals surface area contributed by atoms with Crippen LogP contribution in [0.25, 0.3) is 6.08 Å². The Hall–Kier alpha value is -4.77. The third-order valence-corrected chi connectivity index (χ3v) is 8.51. The smallest absolute Gasteiger partial charge is 0.185 e. The maximum Gasteiger partial charge on any atom is 0.185 e. The zero-order valence-corrected chi connectivity index (χ0v) is 21.3. The van der Waals surface area contributed by atoms with Crippen LogP contribution in [0, 0.1) is 5.41 Å². The highest BCUT2D eigenvalue weighted by atomic mass is 16.5. The second kappa shape index (κ2) is 8.63. The molecule has 3 aliphatic rings. The van der Waals surface area contributed by atoms with E-state index in [2.05, 4.69) is 0 Å². The fraction of sp³-hybridized carbons (Fsp3) is 0.147. The van der Waals surface area contributed by atoms with Gasteiger partial charge in [-0.05, 0) is 41.5 Å². The molecule has 4 aromatic rings. The molecule has 0 radical (unpaired) electrons. The van der Waals surface area contributed by atoms with Crippen molar-refractivity contribution in [3.63, 3.8) is 0 Å². The number of hydrogen-bond acceptors (Lipinski definition) is 5. The molecule has 2 aliphatic heterocycles. The Labute approximate surface area is 226 Å². The average Bonchev–Trinajstić information content (AvgIpc) is 3.43. The van der Waals surface area contributed by atoms with Gasteiger partial charge in [0.25, 0.3) is 0 Å². The molecule has 7 rings (SSSR count). The van der Waals surface area contributed by atoms with E-state index in [1.807, 2.05) is 71.6 Å². The van der Waals surface area contributed by atoms with Crippen LogP contribution in [0.1, 0.15) is 48.1 Å². The first-order chi connectivity index (χ1) is 19.1. The molecule has 2 heterocycles. The Balaban J connectivity index is 1.52. The van der Waals surface area contributed by atoms with Gasteiger partial charge in [-0.25, -0.2) is 0 Å². The number of hydrogen-bond donors (Lipinski definition) is 0. The SMILES string of the molecule is COc1ccc(C(=O)[C@@H]2[C@@H](c3ccccc3)C3(C(=O)c4ccccc4C3=O)C3C=Cc4ccccc4N32)cc1. The first-order valence-corrected chi connectivity index (χ1v) is 13.0. The molecule has 0 amide bonds. The van der Waals surface area contributed by atoms with Crippen LogP contribution in [0.2, 0.25) is 0 Å². The molecule has 1 fully saturated rings. The minimum Gasteiger partial charge on any atom is -0.497 e. The van der Waals surface area contributed by atoms with Crippen LogP contribution in [-0.4, -0.2) is 36.5 Å². The maximum absolute atomic E-state index is 14.6. The monoisotopic (exact) mass is 511 g/mol. The highest BCUT2D eigenvalue weighted by Gasteiger charge is 2.71. The molecule has 0 aromatic heterocycles. The number of anilines is 1. The van der Waals surface area contributed by atoms with Gasteiger partial charge >= 0.3 is 0 Å². The van der Waals surface area contributed by atoms with Crippen molar-refractivity contribution in [2.24, 2.45) is 5.41 Å². The summed E-state index contributed by atoms with van der Waals surface area (Å²) in [5, 5.41) is 0. The Morgan fingerprint density at radius 3 is 2.05 bits per heavy atom. The van der Waals surface area contributed by atoms with Gasteiger partial charge < -0.3 is 9.64 Å². The maximum atomic E-state index is 14.6. The van der Waals surface area contributed by atoms with Crippen molar-refractivity contribution in [2.75, 3.05) is 12.0 Å². The first-order valence-electron chi connectivity index (χ1n) is 13.0. The summed E-state index contributed by atoms with van der Waals surface area (Å²) >= 11 is 0. The van der Waals surface area contributed by atoms with Crippen LogP contribution in [0.15, 0.2) is 109 Å². The number of ether oxygens (including phenoxy) is 1. The molecule has 1 saturated heterocycles. The standard InChI is InChI=1S/C34H25NO4/c1-39-24-18-15-23(16-19-24)31(36)30-29(22-10-3-2-4-11-22)34(32(37)25-12-6-7-13-26(25)33(34)38)28-20-17-21-9-5-8-14-27(21)35(28)30/h2-20,28-30H,1H3/t28?,29-,30+/m1/s1. The van der Waals surface area contributed by atoms with Gasteiger partial charge in [-0.15, -0.1) is 0 Å². The molecule has 3 atom stereocenters. The summed E-state index contributed by atoms with van der Waals surface area (Å²) in [6.45, 7) is 0. The number of Topliss-reactive ketones (excluding diaryl/α,β-unsaturated/α-hetero) is 3. The van der Waals surface area contributed by atoms with E-state index in [1.165, 1.54) is 0 Å². The number of nitrogens with zero attached hydrogens (tertiary/aromatic N) is 1. The highest BCUT2D eigenvalue weighted by Crippen LogP contribution is 2.60. The van der Waals surface area contributed by atoms with Gasteiger partial charge in [0.2, 0.25) is 0 Å². The van der Waals surface area contributed by atoms with E-state index < -0.39 is 23.4 Å². The minimum atomic E-state index is -1.48. The van der Waals surface area contributed by atoms with Gasteiger partial charge in [-0.1, -0.05) is 84.9 Å². The molecule has 1 spiro atoms. The number of para-hydroxylation sites is 1. The van der Waals surface area contributed by atoms with Crippen LogP contribution < -0.4 is 9.64 Å². The molecule has 0 N–H and O–H groups in total. The van der Waals surface area contributed by atoms with E-state index in [9.17, 15) is 14.4 Å². The average molecular weight is 512 g/mol. The minimum absolute atomic E-state index is 0.143. The second-order valence-electron chi connectivity index (χ2n) is 10.3. The van der Waals surface area contributed by atoms with Gasteiger partial charge in [-0.3, -0.25) is 14.4 Å². The first kappa shape index (κ1) is 23.4. The van der Waals surface area contributed by atoms with Crippen molar-refractivity contribution in [2.45, 2.75) is 18.0 Å². The number of ketones is 3. The lowest BCUT2D eigenvalue weighted by molar-refractivity contribution is 0.0666. The predicted octanol–water partition coefficient (Wildman–Crippen LogP) is 6.01. The van der Waals surface area contributed by atoms with Crippen molar-refractivity contribution >= 4 is 29.1 Å². The van der Waals surface area contributed by atoms with Gasteiger partial charge in [0.1, 0.15) is 17.2 Å². The molecular weight excluding hydrogens is 486 g/mol. The molecule has 5 nitrogen and oxygen atoms in total. The lowest BCUT2D eigenvalue weighted by Gasteiger charge is -2.37. The number of carbonyl (C=O) groups excluding carboxylic acids is 3. The zero-order chi connectivity index (χ0) is 26.7. The lowest BCUT2D eigenvalue weighted by Crippen LogP contribution is -2.48. The third kappa shape index (κ3) is 3.10. The topological polar surface area (TPSA) is 63.7 Å². The van der Waals surface area contributed by atoms with Gasteiger partial charge in [0.05, 0.1) is 13.2 Å². The van der Waals surface area contributed by atoms with Crippen molar-refractivity contribution < 1.29 is 19.1 Å². The van der Waals surface area contributed by atoms with Crippen molar-refractivity contribution in [3.8, 4) is 5.75 Å². The molecule has 1 aliphatic carbocycles. The Bertz CT molecular complexity index is 1640. The fourth-order valence-corrected chi connectivity index (χ4v) is 6.88. The van der Waals surface area contributed by atoms with E-state index in [-0.39, 0.29) is 17.3 Å². The van der Waals surface area contributed by atoms with E-state index in [0.29, 0.717) is 22.4 Å². The van der Waals surface area contributed by atoms with Crippen molar-refractivity contribution in [1.29, 1.82) is 0 Å². The molecule has 0 bridgehead atoms. The van der Waals surface area contributed by atoms with E-state index in [0.717, 1.165) is 16.8 Å². The van der Waals surface area contributed by atoms with Crippen LogP contribution in [0.4, 0.5) is 5.69 Å². The summed E-state index contributed by atoms with van der Waals surface area (Å²) in [6.07, 6.45) is 3.92. The predicted molar refractivity (Wildman–Crippen MR) is 150 cm³/mol. The Morgan fingerprint density at radius 2 is 1.38 bits per heavy atom. The number of carbonyl (C=O) groups is 3. The Kier molecular flexibility index (Phi) is 5.17. The summed E-state index contributed by atoms with van der Waals surface area (Å²) in [6, 6.07) is 30.1. The number of rotatable bonds is 4. The number of methoxy groups -OCH3 is 1. The molecule has 5 heteroatoms. The van der Waals surface area contributed by atoms with Crippen LogP contribution in [0.3, 0.4) is 0 Å². The largest absolute Gasteiger partial charge is 0.497 e. The summed E-state index contributed by atoms with van der Waals surface area (Å²) < 4.78 is 5.32. The molecule has 39 heavy (non-hydrogen) atoms. The Morgan fingerprint density at radius 1 is 0.769 bits per heavy atom. The van der Waals surface area contributed by atoms with Crippen LogP contribution >= 0.6 is 0 Å². The second-order valence-corrected chi connectivity index (χ2v) is 10.3. The zero-order valence-electron chi connectivity index (χ0n) is 21.3. The molecule has 1 unspecified atom stereocenters. The highest BCUT2D eigenvalue weighted by molar-refractivity contribution is 6.32. The van der Waals surface area contributed by atoms with Crippen molar-refractivity contribution in [1.82, 2.24) is 0 Å². The number of benzene rings is 4. The number of fused-ring (bicyclic) bond motifs is 5. The molecule has 190 valence electrons. The van der Waals surface area contributed by atoms with Crippen molar-refractivity contribution in [3.05, 3.63) is 137 Å². The molecular formula is C34H25NO4. The molecule has 4 aromatic carbocycles. The quantitative estimate of drug-likeness (QED) is 0.248. The van der Waals surface area contributed by atoms with Crippen LogP contribution in [-0.2, 0) is 0 Å². The van der Waals surface area contributed by atoms with Gasteiger partial charge in [0.15, 0.2) is 17.3 Å². The van der Waals surface area contributed by atoms with Crippen LogP contribution in [0.5, 0.6) is 5.75 Å². The lowest BCUT2D eigenvalue weighted by atomic mass is 9.64. The van der Waals surface area contributed by atoms with E-state index >= 15 is 0 Å². The van der Waals surface area contributed by atoms with E-state index in [4.69, 9.17) is 4.74 Å². The molecule has 0 saturated carbocycles. The summed E-state index contributed by atoms with van der Waals surface area (Å²) in [7, 11) is 1.58. The fourth-order valence-electron chi connectivity index (χ4n) is 6.88. The van der Waals surface area contributed by atoms with Gasteiger partial charge in [0, 0.05) is 28.3 Å².